The van der Waals surface area contributed by atoms with Gasteiger partial charge >= 0.3 is 0 Å². The normalized spacial score (nSPS) is 31.1. The van der Waals surface area contributed by atoms with Gasteiger partial charge in [0.15, 0.2) is 0 Å². The molecule has 1 aromatic rings. The summed E-state index contributed by atoms with van der Waals surface area (Å²) >= 11 is 0. The average Bonchev–Trinajstić information content (AvgIpc) is 2.86. The van der Waals surface area contributed by atoms with Crippen LogP contribution in [0.15, 0.2) is 24.3 Å². The summed E-state index contributed by atoms with van der Waals surface area (Å²) in [5.74, 6) is 2.97. The number of hydrogen-bond donors (Lipinski definition) is 1. The van der Waals surface area contributed by atoms with Crippen molar-refractivity contribution in [3.8, 4) is 0 Å². The number of benzene rings is 1. The van der Waals surface area contributed by atoms with Crippen LogP contribution < -0.4 is 5.32 Å². The smallest absolute Gasteiger partial charge is 0.0351 e. The molecule has 0 aliphatic heterocycles. The first-order valence-corrected chi connectivity index (χ1v) is 7.61. The predicted octanol–water partition coefficient (Wildman–Crippen LogP) is 3.95. The van der Waals surface area contributed by atoms with E-state index in [9.17, 15) is 0 Å². The van der Waals surface area contributed by atoms with Crippen molar-refractivity contribution in [3.63, 3.8) is 0 Å². The van der Waals surface area contributed by atoms with Gasteiger partial charge in [-0.2, -0.15) is 0 Å². The molecule has 1 aromatic carbocycles. The molecule has 0 saturated heterocycles. The first kappa shape index (κ1) is 12.2. The predicted molar refractivity (Wildman–Crippen MR) is 76.6 cm³/mol. The minimum absolute atomic E-state index is 0.593. The van der Waals surface area contributed by atoms with Crippen LogP contribution >= 0.6 is 0 Å². The Kier molecular flexibility index (Phi) is 3.43. The Hall–Kier alpha value is -0.820. The summed E-state index contributed by atoms with van der Waals surface area (Å²) in [6, 6.07) is 9.93. The Morgan fingerprint density at radius 3 is 2.39 bits per heavy atom. The van der Waals surface area contributed by atoms with Gasteiger partial charge in [0.25, 0.3) is 0 Å². The summed E-state index contributed by atoms with van der Waals surface area (Å²) in [5.41, 5.74) is 2.98. The molecule has 2 aliphatic rings. The van der Waals surface area contributed by atoms with E-state index >= 15 is 0 Å². The molecule has 0 aromatic heterocycles. The van der Waals surface area contributed by atoms with Gasteiger partial charge in [-0.1, -0.05) is 44.0 Å². The maximum Gasteiger partial charge on any atom is 0.0351 e. The van der Waals surface area contributed by atoms with Crippen LogP contribution in [-0.4, -0.2) is 7.05 Å². The van der Waals surface area contributed by atoms with E-state index in [0.717, 1.165) is 17.8 Å². The monoisotopic (exact) mass is 243 g/mol. The summed E-state index contributed by atoms with van der Waals surface area (Å²) in [7, 11) is 2.12. The first-order chi connectivity index (χ1) is 8.85. The third-order valence-electron chi connectivity index (χ3n) is 5.05. The van der Waals surface area contributed by atoms with Crippen molar-refractivity contribution in [2.24, 2.45) is 17.8 Å². The maximum atomic E-state index is 3.56. The van der Waals surface area contributed by atoms with Crippen LogP contribution in [0.1, 0.15) is 49.8 Å². The molecule has 1 heteroatoms. The fourth-order valence-electron chi connectivity index (χ4n) is 4.13. The van der Waals surface area contributed by atoms with Crippen molar-refractivity contribution in [2.75, 3.05) is 7.05 Å². The maximum absolute atomic E-state index is 3.56. The standard InChI is InChI=1S/C17H25N/c1-3-5-12-8-10-13(11-9-12)17(18-2)16-14-6-4-7-15(14)16/h8-11,14-18H,3-7H2,1-2H3. The van der Waals surface area contributed by atoms with Gasteiger partial charge in [-0.25, -0.2) is 0 Å². The lowest BCUT2D eigenvalue weighted by Gasteiger charge is -2.19. The van der Waals surface area contributed by atoms with Crippen LogP contribution in [0, 0.1) is 17.8 Å². The molecule has 0 spiro atoms. The van der Waals surface area contributed by atoms with Crippen LogP contribution in [0.4, 0.5) is 0 Å². The zero-order valence-corrected chi connectivity index (χ0v) is 11.7. The van der Waals surface area contributed by atoms with Gasteiger partial charge in [-0.05, 0) is 55.2 Å². The summed E-state index contributed by atoms with van der Waals surface area (Å²) in [5, 5.41) is 3.56. The minimum atomic E-state index is 0.593. The highest BCUT2D eigenvalue weighted by molar-refractivity contribution is 5.28. The highest BCUT2D eigenvalue weighted by atomic mass is 14.9. The van der Waals surface area contributed by atoms with Crippen LogP contribution in [0.25, 0.3) is 0 Å². The van der Waals surface area contributed by atoms with E-state index in [-0.39, 0.29) is 0 Å². The highest BCUT2D eigenvalue weighted by Crippen LogP contribution is 2.62. The summed E-state index contributed by atoms with van der Waals surface area (Å²) in [6.07, 6.45) is 6.86. The Morgan fingerprint density at radius 1 is 1.17 bits per heavy atom. The molecule has 2 fully saturated rings. The molecule has 0 heterocycles. The molecular formula is C17H25N. The minimum Gasteiger partial charge on any atom is -0.313 e. The van der Waals surface area contributed by atoms with Gasteiger partial charge in [-0.15, -0.1) is 0 Å². The lowest BCUT2D eigenvalue weighted by molar-refractivity contribution is 0.444. The average molecular weight is 243 g/mol. The fourth-order valence-corrected chi connectivity index (χ4v) is 4.13. The fraction of sp³-hybridized carbons (Fsp3) is 0.647. The summed E-state index contributed by atoms with van der Waals surface area (Å²) < 4.78 is 0. The number of nitrogens with one attached hydrogen (secondary N) is 1. The molecule has 2 saturated carbocycles. The molecule has 3 unspecified atom stereocenters. The van der Waals surface area contributed by atoms with Gasteiger partial charge in [-0.3, -0.25) is 0 Å². The lowest BCUT2D eigenvalue weighted by Crippen LogP contribution is -2.20. The van der Waals surface area contributed by atoms with E-state index in [2.05, 4.69) is 43.6 Å². The molecule has 2 aliphatic carbocycles. The van der Waals surface area contributed by atoms with Crippen LogP contribution in [0.2, 0.25) is 0 Å². The second-order valence-corrected chi connectivity index (χ2v) is 6.09. The second kappa shape index (κ2) is 5.05. The van der Waals surface area contributed by atoms with E-state index in [1.165, 1.54) is 43.2 Å². The molecule has 0 radical (unpaired) electrons. The van der Waals surface area contributed by atoms with Crippen LogP contribution in [-0.2, 0) is 6.42 Å². The summed E-state index contributed by atoms with van der Waals surface area (Å²) in [6.45, 7) is 2.25. The topological polar surface area (TPSA) is 12.0 Å². The molecular weight excluding hydrogens is 218 g/mol. The zero-order chi connectivity index (χ0) is 12.5. The molecule has 1 N–H and O–H groups in total. The Morgan fingerprint density at radius 2 is 1.83 bits per heavy atom. The number of fused-ring (bicyclic) bond motifs is 1. The van der Waals surface area contributed by atoms with E-state index in [4.69, 9.17) is 0 Å². The molecule has 3 atom stereocenters. The van der Waals surface area contributed by atoms with Gasteiger partial charge in [0.2, 0.25) is 0 Å². The third-order valence-corrected chi connectivity index (χ3v) is 5.05. The Balaban J connectivity index is 1.71. The number of hydrogen-bond acceptors (Lipinski definition) is 1. The molecule has 3 rings (SSSR count). The summed E-state index contributed by atoms with van der Waals surface area (Å²) in [4.78, 5) is 0. The van der Waals surface area contributed by atoms with Gasteiger partial charge in [0, 0.05) is 6.04 Å². The quantitative estimate of drug-likeness (QED) is 0.826. The molecule has 0 amide bonds. The van der Waals surface area contributed by atoms with Crippen molar-refractivity contribution in [1.82, 2.24) is 5.32 Å². The number of rotatable bonds is 5. The highest BCUT2D eigenvalue weighted by Gasteiger charge is 2.55. The van der Waals surface area contributed by atoms with E-state index in [0.29, 0.717) is 6.04 Å². The molecule has 18 heavy (non-hydrogen) atoms. The van der Waals surface area contributed by atoms with Crippen molar-refractivity contribution in [2.45, 2.75) is 45.1 Å². The second-order valence-electron chi connectivity index (χ2n) is 6.09. The SMILES string of the molecule is CCCc1ccc(C(NC)C2C3CCCC32)cc1. The largest absolute Gasteiger partial charge is 0.313 e. The van der Waals surface area contributed by atoms with E-state index in [1.54, 1.807) is 0 Å². The van der Waals surface area contributed by atoms with E-state index < -0.39 is 0 Å². The van der Waals surface area contributed by atoms with Gasteiger partial charge in [0.05, 0.1) is 0 Å². The van der Waals surface area contributed by atoms with Crippen molar-refractivity contribution in [3.05, 3.63) is 35.4 Å². The van der Waals surface area contributed by atoms with Crippen LogP contribution in [0.5, 0.6) is 0 Å². The van der Waals surface area contributed by atoms with E-state index in [1.807, 2.05) is 0 Å². The zero-order valence-electron chi connectivity index (χ0n) is 11.7. The Bertz CT molecular complexity index is 385. The van der Waals surface area contributed by atoms with Gasteiger partial charge < -0.3 is 5.32 Å². The Labute approximate surface area is 111 Å². The number of aryl methyl sites for hydroxylation is 1. The van der Waals surface area contributed by atoms with Crippen molar-refractivity contribution in [1.29, 1.82) is 0 Å². The third kappa shape index (κ3) is 2.09. The lowest BCUT2D eigenvalue weighted by atomic mass is 9.95. The van der Waals surface area contributed by atoms with Gasteiger partial charge in [0.1, 0.15) is 0 Å². The molecule has 0 bridgehead atoms. The van der Waals surface area contributed by atoms with Crippen molar-refractivity contribution < 1.29 is 0 Å². The van der Waals surface area contributed by atoms with Crippen molar-refractivity contribution >= 4 is 0 Å². The van der Waals surface area contributed by atoms with Crippen LogP contribution in [0.3, 0.4) is 0 Å². The molecule has 98 valence electrons. The molecule has 1 nitrogen and oxygen atoms in total. The first-order valence-electron chi connectivity index (χ1n) is 7.61.